The molecule has 0 aliphatic carbocycles. The van der Waals surface area contributed by atoms with Crippen molar-refractivity contribution < 1.29 is 4.74 Å². The van der Waals surface area contributed by atoms with Gasteiger partial charge in [-0.1, -0.05) is 24.1 Å². The Hall–Kier alpha value is -0.730. The monoisotopic (exact) mass is 239 g/mol. The first-order valence-electron chi connectivity index (χ1n) is 5.80. The Kier molecular flexibility index (Phi) is 3.72. The summed E-state index contributed by atoms with van der Waals surface area (Å²) < 4.78 is 5.44. The minimum absolute atomic E-state index is 0.391. The van der Waals surface area contributed by atoms with Crippen LogP contribution in [-0.4, -0.2) is 13.7 Å². The van der Waals surface area contributed by atoms with E-state index in [1.165, 1.54) is 24.0 Å². The van der Waals surface area contributed by atoms with Crippen LogP contribution in [0.4, 0.5) is 0 Å². The highest BCUT2D eigenvalue weighted by molar-refractivity contribution is 6.32. The summed E-state index contributed by atoms with van der Waals surface area (Å²) in [6.07, 6.45) is 3.70. The Bertz CT molecular complexity index is 372. The molecule has 0 aromatic heterocycles. The third kappa shape index (κ3) is 2.18. The van der Waals surface area contributed by atoms with Crippen LogP contribution in [-0.2, 0) is 0 Å². The highest BCUT2D eigenvalue weighted by Gasteiger charge is 2.21. The molecule has 1 unspecified atom stereocenters. The molecule has 0 amide bonds. The van der Waals surface area contributed by atoms with Crippen molar-refractivity contribution in [1.29, 1.82) is 0 Å². The number of benzene rings is 1. The molecule has 3 heteroatoms. The zero-order chi connectivity index (χ0) is 11.5. The Balaban J connectivity index is 2.40. The van der Waals surface area contributed by atoms with Crippen LogP contribution in [0.3, 0.4) is 0 Å². The van der Waals surface area contributed by atoms with Gasteiger partial charge in [0.2, 0.25) is 0 Å². The van der Waals surface area contributed by atoms with E-state index in [2.05, 4.69) is 18.3 Å². The summed E-state index contributed by atoms with van der Waals surface area (Å²) in [5.74, 6) is 0.834. The molecule has 88 valence electrons. The number of ether oxygens (including phenoxy) is 1. The van der Waals surface area contributed by atoms with E-state index in [4.69, 9.17) is 16.3 Å². The van der Waals surface area contributed by atoms with Crippen molar-refractivity contribution in [1.82, 2.24) is 5.32 Å². The van der Waals surface area contributed by atoms with Crippen LogP contribution in [0.1, 0.15) is 36.4 Å². The highest BCUT2D eigenvalue weighted by atomic mass is 35.5. The van der Waals surface area contributed by atoms with Gasteiger partial charge in [-0.2, -0.15) is 0 Å². The first kappa shape index (κ1) is 11.7. The topological polar surface area (TPSA) is 21.3 Å². The molecule has 16 heavy (non-hydrogen) atoms. The number of piperidine rings is 1. The van der Waals surface area contributed by atoms with Gasteiger partial charge in [-0.15, -0.1) is 0 Å². The van der Waals surface area contributed by atoms with Crippen LogP contribution in [0.15, 0.2) is 12.1 Å². The summed E-state index contributed by atoms with van der Waals surface area (Å²) in [6.45, 7) is 3.20. The summed E-state index contributed by atoms with van der Waals surface area (Å²) in [5, 5.41) is 4.24. The molecule has 0 radical (unpaired) electrons. The Morgan fingerprint density at radius 1 is 1.38 bits per heavy atom. The lowest BCUT2D eigenvalue weighted by Gasteiger charge is -2.27. The molecular weight excluding hydrogens is 222 g/mol. The number of hydrogen-bond acceptors (Lipinski definition) is 2. The van der Waals surface area contributed by atoms with E-state index in [0.29, 0.717) is 11.1 Å². The molecule has 1 N–H and O–H groups in total. The molecule has 1 aliphatic heterocycles. The van der Waals surface area contributed by atoms with Crippen LogP contribution in [0.25, 0.3) is 0 Å². The van der Waals surface area contributed by atoms with Gasteiger partial charge < -0.3 is 10.1 Å². The second-order valence-corrected chi connectivity index (χ2v) is 4.72. The number of nitrogens with one attached hydrogen (secondary N) is 1. The number of halogens is 1. The maximum Gasteiger partial charge on any atom is 0.142 e. The summed E-state index contributed by atoms with van der Waals surface area (Å²) in [4.78, 5) is 0. The quantitative estimate of drug-likeness (QED) is 0.853. The van der Waals surface area contributed by atoms with Crippen LogP contribution in [0.5, 0.6) is 5.75 Å². The largest absolute Gasteiger partial charge is 0.495 e. The Labute approximate surface area is 102 Å². The van der Waals surface area contributed by atoms with Gasteiger partial charge in [0.15, 0.2) is 0 Å². The molecule has 0 saturated carbocycles. The van der Waals surface area contributed by atoms with Crippen LogP contribution in [0, 0.1) is 6.92 Å². The lowest BCUT2D eigenvalue weighted by atomic mass is 9.93. The van der Waals surface area contributed by atoms with Crippen molar-refractivity contribution in [2.75, 3.05) is 13.7 Å². The van der Waals surface area contributed by atoms with Crippen molar-refractivity contribution in [2.24, 2.45) is 0 Å². The molecule has 1 heterocycles. The molecule has 2 nitrogen and oxygen atoms in total. The molecule has 1 atom stereocenters. The van der Waals surface area contributed by atoms with Gasteiger partial charge >= 0.3 is 0 Å². The summed E-state index contributed by atoms with van der Waals surface area (Å²) >= 11 is 6.17. The van der Waals surface area contributed by atoms with Crippen LogP contribution >= 0.6 is 11.6 Å². The fraction of sp³-hybridized carbons (Fsp3) is 0.538. The van der Waals surface area contributed by atoms with Gasteiger partial charge in [-0.3, -0.25) is 0 Å². The molecule has 0 bridgehead atoms. The summed E-state index contributed by atoms with van der Waals surface area (Å²) in [7, 11) is 1.69. The van der Waals surface area contributed by atoms with E-state index in [1.807, 2.05) is 6.07 Å². The average molecular weight is 240 g/mol. The van der Waals surface area contributed by atoms with Gasteiger partial charge in [0, 0.05) is 11.6 Å². The molecule has 1 aromatic carbocycles. The predicted octanol–water partition coefficient (Wildman–Crippen LogP) is 3.47. The lowest BCUT2D eigenvalue weighted by Crippen LogP contribution is -2.27. The number of methoxy groups -OCH3 is 1. The van der Waals surface area contributed by atoms with E-state index in [0.717, 1.165) is 18.7 Å². The second-order valence-electron chi connectivity index (χ2n) is 4.31. The van der Waals surface area contributed by atoms with E-state index < -0.39 is 0 Å². The molecule has 1 fully saturated rings. The van der Waals surface area contributed by atoms with Gasteiger partial charge in [-0.25, -0.2) is 0 Å². The van der Waals surface area contributed by atoms with Gasteiger partial charge in [0.25, 0.3) is 0 Å². The fourth-order valence-corrected chi connectivity index (χ4v) is 2.65. The lowest BCUT2D eigenvalue weighted by molar-refractivity contribution is 0.372. The van der Waals surface area contributed by atoms with Crippen molar-refractivity contribution >= 4 is 11.6 Å². The van der Waals surface area contributed by atoms with E-state index in [9.17, 15) is 0 Å². The van der Waals surface area contributed by atoms with Crippen LogP contribution < -0.4 is 10.1 Å². The maximum atomic E-state index is 6.17. The average Bonchev–Trinajstić information content (AvgIpc) is 2.33. The minimum atomic E-state index is 0.391. The highest BCUT2D eigenvalue weighted by Crippen LogP contribution is 2.37. The molecule has 1 aliphatic rings. The summed E-state index contributed by atoms with van der Waals surface area (Å²) in [5.41, 5.74) is 2.48. The summed E-state index contributed by atoms with van der Waals surface area (Å²) in [6, 6.07) is 4.36. The minimum Gasteiger partial charge on any atom is -0.495 e. The van der Waals surface area contributed by atoms with Crippen LogP contribution in [0.2, 0.25) is 5.02 Å². The SMILES string of the molecule is COc1c(Cl)ccc(C)c1C1CCCCN1. The second kappa shape index (κ2) is 5.07. The standard InChI is InChI=1S/C13H18ClNO/c1-9-6-7-10(14)13(16-2)12(9)11-5-3-4-8-15-11/h6-7,11,15H,3-5,8H2,1-2H3. The fourth-order valence-electron chi connectivity index (χ4n) is 2.41. The van der Waals surface area contributed by atoms with E-state index >= 15 is 0 Å². The molecule has 2 rings (SSSR count). The van der Waals surface area contributed by atoms with Crippen molar-refractivity contribution in [3.05, 3.63) is 28.3 Å². The van der Waals surface area contributed by atoms with Gasteiger partial charge in [0.05, 0.1) is 12.1 Å². The maximum absolute atomic E-state index is 6.17. The molecule has 0 spiro atoms. The molecular formula is C13H18ClNO. The number of aryl methyl sites for hydroxylation is 1. The van der Waals surface area contributed by atoms with Gasteiger partial charge in [-0.05, 0) is 37.9 Å². The number of rotatable bonds is 2. The van der Waals surface area contributed by atoms with E-state index in [1.54, 1.807) is 7.11 Å². The molecule has 1 aromatic rings. The number of hydrogen-bond donors (Lipinski definition) is 1. The van der Waals surface area contributed by atoms with Crippen molar-refractivity contribution in [3.63, 3.8) is 0 Å². The predicted molar refractivity (Wildman–Crippen MR) is 67.3 cm³/mol. The first-order valence-corrected chi connectivity index (χ1v) is 6.18. The third-order valence-electron chi connectivity index (χ3n) is 3.23. The van der Waals surface area contributed by atoms with E-state index in [-0.39, 0.29) is 0 Å². The van der Waals surface area contributed by atoms with Gasteiger partial charge in [0.1, 0.15) is 5.75 Å². The first-order chi connectivity index (χ1) is 7.74. The van der Waals surface area contributed by atoms with Crippen molar-refractivity contribution in [2.45, 2.75) is 32.2 Å². The normalized spacial score (nSPS) is 20.8. The zero-order valence-electron chi connectivity index (χ0n) is 9.85. The molecule has 1 saturated heterocycles. The Morgan fingerprint density at radius 3 is 2.81 bits per heavy atom. The third-order valence-corrected chi connectivity index (χ3v) is 3.53. The van der Waals surface area contributed by atoms with Crippen molar-refractivity contribution in [3.8, 4) is 5.75 Å². The smallest absolute Gasteiger partial charge is 0.142 e. The zero-order valence-corrected chi connectivity index (χ0v) is 10.6. The Morgan fingerprint density at radius 2 is 2.19 bits per heavy atom.